The van der Waals surface area contributed by atoms with Crippen LogP contribution < -0.4 is 8.56 Å². The summed E-state index contributed by atoms with van der Waals surface area (Å²) in [5.41, 5.74) is 0.735. The van der Waals surface area contributed by atoms with E-state index in [1.165, 1.54) is 23.2 Å². The van der Waals surface area contributed by atoms with Gasteiger partial charge in [-0.2, -0.15) is 0 Å². The van der Waals surface area contributed by atoms with Gasteiger partial charge in [0.2, 0.25) is 0 Å². The summed E-state index contributed by atoms with van der Waals surface area (Å²) in [6, 6.07) is 1.64. The first-order chi connectivity index (χ1) is 8.66. The summed E-state index contributed by atoms with van der Waals surface area (Å²) in [5, 5.41) is 20.1. The van der Waals surface area contributed by atoms with E-state index in [1.54, 1.807) is 28.7 Å². The van der Waals surface area contributed by atoms with Crippen molar-refractivity contribution in [1.82, 2.24) is 4.58 Å². The molecule has 0 unspecified atom stereocenters. The van der Waals surface area contributed by atoms with Gasteiger partial charge in [-0.05, 0) is 25.0 Å². The zero-order valence-electron chi connectivity index (χ0n) is 10.3. The van der Waals surface area contributed by atoms with E-state index in [9.17, 15) is 10.2 Å². The van der Waals surface area contributed by atoms with E-state index < -0.39 is 0 Å². The van der Waals surface area contributed by atoms with Crippen LogP contribution in [0.5, 0.6) is 11.5 Å². The van der Waals surface area contributed by atoms with Crippen LogP contribution in [-0.4, -0.2) is 23.3 Å². The van der Waals surface area contributed by atoms with E-state index in [-0.39, 0.29) is 5.75 Å². The largest absolute Gasteiger partial charge is 0.506 e. The molecular formula is C13H16NO2S2+. The predicted molar refractivity (Wildman–Crippen MR) is 76.6 cm³/mol. The smallest absolute Gasteiger partial charge is 0.315 e. The van der Waals surface area contributed by atoms with Gasteiger partial charge in [0.05, 0.1) is 9.40 Å². The summed E-state index contributed by atoms with van der Waals surface area (Å²) < 4.78 is 5.19. The normalized spacial score (nSPS) is 16.4. The van der Waals surface area contributed by atoms with Gasteiger partial charge in [-0.3, -0.25) is 0 Å². The lowest BCUT2D eigenvalue weighted by molar-refractivity contribution is 0.459. The van der Waals surface area contributed by atoms with Crippen LogP contribution in [0.15, 0.2) is 6.07 Å². The maximum absolute atomic E-state index is 10.1. The molecule has 2 aromatic rings. The zero-order chi connectivity index (χ0) is 12.7. The number of aromatic hydroxyl groups is 2. The second-order valence-corrected chi connectivity index (χ2v) is 6.99. The fourth-order valence-corrected chi connectivity index (χ4v) is 5.03. The van der Waals surface area contributed by atoms with Gasteiger partial charge in [-0.25, -0.2) is 4.58 Å². The van der Waals surface area contributed by atoms with Crippen LogP contribution in [0.3, 0.4) is 0 Å². The number of fused-ring (bicyclic) bond motifs is 1. The molecule has 5 heteroatoms. The highest BCUT2D eigenvalue weighted by atomic mass is 32.2. The first-order valence-electron chi connectivity index (χ1n) is 6.20. The molecule has 0 atom stereocenters. The van der Waals surface area contributed by atoms with Crippen LogP contribution in [0.1, 0.15) is 24.8 Å². The quantitative estimate of drug-likeness (QED) is 0.576. The molecule has 1 aliphatic heterocycles. The van der Waals surface area contributed by atoms with Crippen molar-refractivity contribution in [1.29, 1.82) is 0 Å². The van der Waals surface area contributed by atoms with Crippen LogP contribution in [0, 0.1) is 6.92 Å². The summed E-state index contributed by atoms with van der Waals surface area (Å²) >= 11 is 3.18. The standard InChI is InChI=1S/C13H15NO2S2/c1-8-7-9(15)11-12(10(8)16)18-13(17-11)14-5-3-2-4-6-14/h7H,2-6H2,1H3,(H-,15,16)/p+1. The second kappa shape index (κ2) is 4.55. The SMILES string of the molecule is Cc1cc(O)c2sc(=[N+]3CCCCC3)sc2c1O. The third-order valence-corrected chi connectivity index (χ3v) is 6.09. The minimum Gasteiger partial charge on any atom is -0.506 e. The highest BCUT2D eigenvalue weighted by molar-refractivity contribution is 7.36. The molecule has 3 nitrogen and oxygen atoms in total. The van der Waals surface area contributed by atoms with Gasteiger partial charge in [0.15, 0.2) is 0 Å². The third-order valence-electron chi connectivity index (χ3n) is 3.37. The Labute approximate surface area is 113 Å². The Morgan fingerprint density at radius 1 is 1.06 bits per heavy atom. The summed E-state index contributed by atoms with van der Waals surface area (Å²) in [4.78, 5) is 0. The Morgan fingerprint density at radius 2 is 1.72 bits per heavy atom. The Morgan fingerprint density at radius 3 is 2.44 bits per heavy atom. The average Bonchev–Trinajstić information content (AvgIpc) is 2.83. The van der Waals surface area contributed by atoms with Crippen LogP contribution >= 0.6 is 22.7 Å². The Hall–Kier alpha value is -1.07. The number of nitrogens with zero attached hydrogens (tertiary/aromatic N) is 1. The zero-order valence-corrected chi connectivity index (χ0v) is 11.9. The highest BCUT2D eigenvalue weighted by Crippen LogP contribution is 2.38. The summed E-state index contributed by atoms with van der Waals surface area (Å²) in [7, 11) is 0. The Balaban J connectivity index is 2.28. The van der Waals surface area contributed by atoms with Crippen molar-refractivity contribution in [3.63, 3.8) is 0 Å². The van der Waals surface area contributed by atoms with E-state index in [4.69, 9.17) is 0 Å². The molecular weight excluding hydrogens is 266 g/mol. The average molecular weight is 282 g/mol. The first kappa shape index (κ1) is 12.0. The maximum atomic E-state index is 10.1. The summed E-state index contributed by atoms with van der Waals surface area (Å²) in [6.07, 6.45) is 3.78. The third kappa shape index (κ3) is 1.91. The van der Waals surface area contributed by atoms with Crippen LogP contribution in [0.4, 0.5) is 0 Å². The minimum atomic E-state index is 0.282. The predicted octanol–water partition coefficient (Wildman–Crippen LogP) is 2.64. The minimum absolute atomic E-state index is 0.282. The van der Waals surface area contributed by atoms with E-state index in [1.807, 2.05) is 6.92 Å². The van der Waals surface area contributed by atoms with Crippen molar-refractivity contribution in [2.75, 3.05) is 13.1 Å². The second-order valence-electron chi connectivity index (χ2n) is 4.74. The van der Waals surface area contributed by atoms with Gasteiger partial charge in [-0.1, -0.05) is 22.7 Å². The van der Waals surface area contributed by atoms with Crippen LogP contribution in [0.2, 0.25) is 0 Å². The van der Waals surface area contributed by atoms with E-state index in [0.717, 1.165) is 28.1 Å². The van der Waals surface area contributed by atoms with E-state index in [2.05, 4.69) is 4.58 Å². The highest BCUT2D eigenvalue weighted by Gasteiger charge is 2.18. The van der Waals surface area contributed by atoms with E-state index >= 15 is 0 Å². The van der Waals surface area contributed by atoms with Gasteiger partial charge >= 0.3 is 3.98 Å². The molecule has 1 aliphatic rings. The number of benzene rings is 1. The van der Waals surface area contributed by atoms with Crippen molar-refractivity contribution < 1.29 is 10.2 Å². The Bertz CT molecular complexity index is 661. The van der Waals surface area contributed by atoms with Crippen molar-refractivity contribution in [3.8, 4) is 11.5 Å². The lowest BCUT2D eigenvalue weighted by Gasteiger charge is -2.07. The number of hydrogen-bond acceptors (Lipinski definition) is 4. The van der Waals surface area contributed by atoms with Crippen molar-refractivity contribution >= 4 is 32.1 Å². The number of rotatable bonds is 0. The molecule has 1 fully saturated rings. The van der Waals surface area contributed by atoms with Crippen LogP contribution in [0.25, 0.3) is 9.40 Å². The fourth-order valence-electron chi connectivity index (χ4n) is 2.34. The molecule has 0 bridgehead atoms. The molecule has 0 amide bonds. The molecule has 3 rings (SSSR count). The number of phenolic OH excluding ortho intramolecular Hbond substituents is 2. The van der Waals surface area contributed by atoms with Crippen LogP contribution in [-0.2, 0) is 0 Å². The lowest BCUT2D eigenvalue weighted by Crippen LogP contribution is -2.31. The molecule has 2 N–H and O–H groups in total. The fraction of sp³-hybridized carbons (Fsp3) is 0.462. The molecule has 0 spiro atoms. The van der Waals surface area contributed by atoms with Gasteiger partial charge in [-0.15, -0.1) is 0 Å². The van der Waals surface area contributed by atoms with Gasteiger partial charge in [0, 0.05) is 12.8 Å². The molecule has 1 aromatic carbocycles. The number of hydrogen-bond donors (Lipinski definition) is 2. The molecule has 0 aliphatic carbocycles. The molecule has 2 heterocycles. The van der Waals surface area contributed by atoms with Gasteiger partial charge < -0.3 is 10.2 Å². The number of aryl methyl sites for hydroxylation is 1. The van der Waals surface area contributed by atoms with Gasteiger partial charge in [0.25, 0.3) is 0 Å². The molecule has 1 saturated heterocycles. The first-order valence-corrected chi connectivity index (χ1v) is 7.83. The Kier molecular flexibility index (Phi) is 3.03. The molecule has 96 valence electrons. The van der Waals surface area contributed by atoms with Crippen molar-refractivity contribution in [3.05, 3.63) is 15.6 Å². The summed E-state index contributed by atoms with van der Waals surface area (Å²) in [6.45, 7) is 3.99. The molecule has 0 saturated carbocycles. The molecule has 18 heavy (non-hydrogen) atoms. The molecule has 0 radical (unpaired) electrons. The maximum Gasteiger partial charge on any atom is 0.315 e. The lowest BCUT2D eigenvalue weighted by atomic mass is 10.2. The topological polar surface area (TPSA) is 43.5 Å². The number of phenols is 2. The number of piperidine rings is 1. The molecule has 1 aromatic heterocycles. The van der Waals surface area contributed by atoms with Crippen molar-refractivity contribution in [2.45, 2.75) is 26.2 Å². The monoisotopic (exact) mass is 282 g/mol. The van der Waals surface area contributed by atoms with Gasteiger partial charge in [0.1, 0.15) is 24.6 Å². The summed E-state index contributed by atoms with van der Waals surface area (Å²) in [5.74, 6) is 0.595. The van der Waals surface area contributed by atoms with E-state index in [0.29, 0.717) is 5.75 Å². The van der Waals surface area contributed by atoms with Crippen molar-refractivity contribution in [2.24, 2.45) is 0 Å².